The van der Waals surface area contributed by atoms with Gasteiger partial charge in [0.15, 0.2) is 0 Å². The van der Waals surface area contributed by atoms with Crippen molar-refractivity contribution >= 4 is 23.1 Å². The lowest BCUT2D eigenvalue weighted by atomic mass is 10.3. The third kappa shape index (κ3) is 3.24. The lowest BCUT2D eigenvalue weighted by molar-refractivity contribution is -0.137. The monoisotopic (exact) mass is 340 g/mol. The molecule has 4 nitrogen and oxygen atoms in total. The Bertz CT molecular complexity index is 858. The Morgan fingerprint density at radius 3 is 2.74 bits per heavy atom. The van der Waals surface area contributed by atoms with Crippen LogP contribution in [0.5, 0.6) is 0 Å². The Morgan fingerprint density at radius 2 is 2.09 bits per heavy atom. The van der Waals surface area contributed by atoms with Gasteiger partial charge < -0.3 is 9.72 Å². The van der Waals surface area contributed by atoms with Crippen LogP contribution in [0.4, 0.5) is 19.0 Å². The van der Waals surface area contributed by atoms with Crippen molar-refractivity contribution in [2.75, 3.05) is 5.32 Å². The van der Waals surface area contributed by atoms with Crippen LogP contribution < -0.4 is 5.32 Å². The number of aromatic nitrogens is 3. The Labute approximate surface area is 134 Å². The number of nitrogens with zero attached hydrogens (tertiary/aromatic N) is 3. The Hall–Kier alpha value is -2.28. The number of rotatable bonds is 3. The van der Waals surface area contributed by atoms with E-state index >= 15 is 0 Å². The average molecular weight is 341 g/mol. The molecule has 0 fully saturated rings. The number of fused-ring (bicyclic) bond motifs is 1. The molecule has 3 heterocycles. The summed E-state index contributed by atoms with van der Waals surface area (Å²) in [5, 5.41) is 2.82. The van der Waals surface area contributed by atoms with Crippen molar-refractivity contribution in [2.45, 2.75) is 19.6 Å². The smallest absolute Gasteiger partial charge is 0.363 e. The number of hydrogen-bond donors (Lipinski definition) is 1. The van der Waals surface area contributed by atoms with Crippen molar-refractivity contribution in [1.82, 2.24) is 14.4 Å². The highest BCUT2D eigenvalue weighted by Gasteiger charge is 2.31. The van der Waals surface area contributed by atoms with Gasteiger partial charge in [0.2, 0.25) is 0 Å². The molecule has 3 aromatic heterocycles. The van der Waals surface area contributed by atoms with Gasteiger partial charge in [-0.1, -0.05) is 17.7 Å². The van der Waals surface area contributed by atoms with Crippen LogP contribution in [0.1, 0.15) is 17.0 Å². The number of anilines is 1. The molecule has 0 aliphatic carbocycles. The van der Waals surface area contributed by atoms with Crippen molar-refractivity contribution in [3.05, 3.63) is 58.6 Å². The van der Waals surface area contributed by atoms with E-state index in [4.69, 9.17) is 11.6 Å². The number of alkyl halides is 3. The summed E-state index contributed by atoms with van der Waals surface area (Å²) >= 11 is 5.85. The second-order valence-corrected chi connectivity index (χ2v) is 5.44. The molecule has 0 saturated carbocycles. The summed E-state index contributed by atoms with van der Waals surface area (Å²) in [5.41, 5.74) is 1.69. The van der Waals surface area contributed by atoms with Crippen LogP contribution in [-0.4, -0.2) is 14.4 Å². The molecule has 1 N–H and O–H groups in total. The number of nitrogens with one attached hydrogen (secondary N) is 1. The fourth-order valence-corrected chi connectivity index (χ4v) is 2.41. The Kier molecular flexibility index (Phi) is 3.89. The molecule has 0 spiro atoms. The molecule has 0 aliphatic heterocycles. The van der Waals surface area contributed by atoms with Gasteiger partial charge in [-0.15, -0.1) is 0 Å². The molecule has 120 valence electrons. The number of pyridine rings is 2. The lowest BCUT2D eigenvalue weighted by Crippen LogP contribution is -2.08. The van der Waals surface area contributed by atoms with E-state index in [-0.39, 0.29) is 10.8 Å². The summed E-state index contributed by atoms with van der Waals surface area (Å²) in [4.78, 5) is 8.16. The largest absolute Gasteiger partial charge is 0.417 e. The predicted molar refractivity (Wildman–Crippen MR) is 81.5 cm³/mol. The van der Waals surface area contributed by atoms with Gasteiger partial charge in [-0.3, -0.25) is 0 Å². The quantitative estimate of drug-likeness (QED) is 0.772. The molecule has 0 bridgehead atoms. The van der Waals surface area contributed by atoms with E-state index in [9.17, 15) is 13.2 Å². The summed E-state index contributed by atoms with van der Waals surface area (Å²) in [5.74, 6) is 0.188. The first-order valence-corrected chi connectivity index (χ1v) is 7.12. The summed E-state index contributed by atoms with van der Waals surface area (Å²) in [7, 11) is 0. The van der Waals surface area contributed by atoms with Gasteiger partial charge in [0.05, 0.1) is 22.8 Å². The minimum Gasteiger partial charge on any atom is -0.363 e. The zero-order valence-corrected chi connectivity index (χ0v) is 12.8. The second kappa shape index (κ2) is 5.73. The molecule has 3 aromatic rings. The number of halogens is 4. The molecule has 0 aliphatic rings. The van der Waals surface area contributed by atoms with E-state index in [1.165, 1.54) is 0 Å². The third-order valence-electron chi connectivity index (χ3n) is 3.35. The summed E-state index contributed by atoms with van der Waals surface area (Å²) < 4.78 is 39.7. The second-order valence-electron chi connectivity index (χ2n) is 5.03. The number of imidazole rings is 1. The van der Waals surface area contributed by atoms with E-state index < -0.39 is 11.7 Å². The molecular weight excluding hydrogens is 329 g/mol. The zero-order chi connectivity index (χ0) is 16.6. The van der Waals surface area contributed by atoms with E-state index in [0.29, 0.717) is 6.54 Å². The van der Waals surface area contributed by atoms with Gasteiger partial charge in [0.1, 0.15) is 11.5 Å². The SMILES string of the molecule is Cc1cccc2nc(CNc3ncc(C(F)(F)F)cc3Cl)cn12. The first kappa shape index (κ1) is 15.6. The summed E-state index contributed by atoms with van der Waals surface area (Å²) in [6.07, 6.45) is -1.86. The van der Waals surface area contributed by atoms with Gasteiger partial charge in [-0.05, 0) is 25.1 Å². The normalized spacial score (nSPS) is 11.9. The highest BCUT2D eigenvalue weighted by atomic mass is 35.5. The van der Waals surface area contributed by atoms with E-state index in [1.54, 1.807) is 0 Å². The fourth-order valence-electron chi connectivity index (χ4n) is 2.18. The van der Waals surface area contributed by atoms with Gasteiger partial charge in [-0.25, -0.2) is 9.97 Å². The molecule has 8 heteroatoms. The van der Waals surface area contributed by atoms with Crippen LogP contribution in [0.15, 0.2) is 36.7 Å². The topological polar surface area (TPSA) is 42.2 Å². The molecule has 23 heavy (non-hydrogen) atoms. The Morgan fingerprint density at radius 1 is 1.30 bits per heavy atom. The van der Waals surface area contributed by atoms with Gasteiger partial charge in [0.25, 0.3) is 0 Å². The van der Waals surface area contributed by atoms with Crippen LogP contribution in [0.25, 0.3) is 5.65 Å². The van der Waals surface area contributed by atoms with Crippen molar-refractivity contribution < 1.29 is 13.2 Å². The minimum atomic E-state index is -4.46. The summed E-state index contributed by atoms with van der Waals surface area (Å²) in [6.45, 7) is 2.26. The standard InChI is InChI=1S/C15H12ClF3N4/c1-9-3-2-4-13-22-11(8-23(9)13)7-21-14-12(16)5-10(6-20-14)15(17,18)19/h2-6,8H,7H2,1H3,(H,20,21). The molecule has 0 aromatic carbocycles. The van der Waals surface area contributed by atoms with Crippen LogP contribution in [0, 0.1) is 6.92 Å². The molecule has 0 atom stereocenters. The van der Waals surface area contributed by atoms with Crippen LogP contribution in [0.2, 0.25) is 5.02 Å². The molecule has 0 saturated heterocycles. The molecule has 0 radical (unpaired) electrons. The van der Waals surface area contributed by atoms with Crippen LogP contribution >= 0.6 is 11.6 Å². The van der Waals surface area contributed by atoms with Crippen molar-refractivity contribution in [2.24, 2.45) is 0 Å². The average Bonchev–Trinajstić information content (AvgIpc) is 2.89. The van der Waals surface area contributed by atoms with Crippen molar-refractivity contribution in [3.63, 3.8) is 0 Å². The molecule has 3 rings (SSSR count). The van der Waals surface area contributed by atoms with E-state index in [2.05, 4.69) is 15.3 Å². The lowest BCUT2D eigenvalue weighted by Gasteiger charge is -2.10. The Balaban J connectivity index is 1.78. The number of aryl methyl sites for hydroxylation is 1. The maximum Gasteiger partial charge on any atom is 0.417 e. The first-order valence-electron chi connectivity index (χ1n) is 6.75. The fraction of sp³-hybridized carbons (Fsp3) is 0.200. The van der Waals surface area contributed by atoms with E-state index in [1.807, 2.05) is 35.7 Å². The predicted octanol–water partition coefficient (Wildman–Crippen LogP) is 4.32. The maximum atomic E-state index is 12.6. The maximum absolute atomic E-state index is 12.6. The summed E-state index contributed by atoms with van der Waals surface area (Å²) in [6, 6.07) is 6.59. The van der Waals surface area contributed by atoms with Gasteiger partial charge in [0, 0.05) is 18.1 Å². The van der Waals surface area contributed by atoms with E-state index in [0.717, 1.165) is 29.3 Å². The zero-order valence-electron chi connectivity index (χ0n) is 12.0. The first-order chi connectivity index (χ1) is 10.8. The molecular formula is C15H12ClF3N4. The van der Waals surface area contributed by atoms with Crippen molar-refractivity contribution in [3.8, 4) is 0 Å². The highest BCUT2D eigenvalue weighted by molar-refractivity contribution is 6.32. The van der Waals surface area contributed by atoms with Gasteiger partial charge >= 0.3 is 6.18 Å². The van der Waals surface area contributed by atoms with Crippen LogP contribution in [-0.2, 0) is 12.7 Å². The third-order valence-corrected chi connectivity index (χ3v) is 3.64. The minimum absolute atomic E-state index is 0.0835. The highest BCUT2D eigenvalue weighted by Crippen LogP contribution is 2.32. The number of hydrogen-bond acceptors (Lipinski definition) is 3. The van der Waals surface area contributed by atoms with Gasteiger partial charge in [-0.2, -0.15) is 13.2 Å². The van der Waals surface area contributed by atoms with Crippen LogP contribution in [0.3, 0.4) is 0 Å². The molecule has 0 unspecified atom stereocenters. The molecule has 0 amide bonds. The van der Waals surface area contributed by atoms with Crippen molar-refractivity contribution in [1.29, 1.82) is 0 Å².